The van der Waals surface area contributed by atoms with Gasteiger partial charge in [0, 0.05) is 26.2 Å². The number of piperidine rings is 1. The van der Waals surface area contributed by atoms with E-state index >= 15 is 0 Å². The van der Waals surface area contributed by atoms with E-state index in [2.05, 4.69) is 18.6 Å². The average Bonchev–Trinajstić information content (AvgIpc) is 3.18. The Labute approximate surface area is 116 Å². The molecule has 19 heavy (non-hydrogen) atoms. The number of nitrogens with zero attached hydrogens (tertiary/aromatic N) is 1. The third-order valence-corrected chi connectivity index (χ3v) is 6.32. The van der Waals surface area contributed by atoms with Gasteiger partial charge in [0.1, 0.15) is 0 Å². The zero-order chi connectivity index (χ0) is 14.1. The van der Waals surface area contributed by atoms with Crippen molar-refractivity contribution in [3.05, 3.63) is 0 Å². The molecule has 2 N–H and O–H groups in total. The molecular formula is C13H26N2O3S. The Bertz CT molecular complexity index is 404. The van der Waals surface area contributed by atoms with Crippen LogP contribution >= 0.6 is 0 Å². The fraction of sp³-hybridized carbons (Fsp3) is 1.00. The maximum absolute atomic E-state index is 12.3. The van der Waals surface area contributed by atoms with Gasteiger partial charge in [-0.1, -0.05) is 13.8 Å². The lowest BCUT2D eigenvalue weighted by Crippen LogP contribution is -2.48. The van der Waals surface area contributed by atoms with E-state index in [0.29, 0.717) is 25.6 Å². The van der Waals surface area contributed by atoms with E-state index in [0.717, 1.165) is 25.7 Å². The number of aliphatic hydroxyl groups excluding tert-OH is 1. The van der Waals surface area contributed by atoms with Crippen LogP contribution in [0.4, 0.5) is 0 Å². The lowest BCUT2D eigenvalue weighted by Gasteiger charge is -2.31. The molecule has 1 heterocycles. The minimum atomic E-state index is -3.38. The van der Waals surface area contributed by atoms with E-state index in [-0.39, 0.29) is 17.9 Å². The summed E-state index contributed by atoms with van der Waals surface area (Å²) >= 11 is 0. The lowest BCUT2D eigenvalue weighted by atomic mass is 9.93. The van der Waals surface area contributed by atoms with Crippen LogP contribution in [0.15, 0.2) is 0 Å². The molecule has 2 aliphatic rings. The Morgan fingerprint density at radius 1 is 1.42 bits per heavy atom. The molecule has 0 spiro atoms. The predicted molar refractivity (Wildman–Crippen MR) is 74.8 cm³/mol. The minimum Gasteiger partial charge on any atom is -0.396 e. The summed E-state index contributed by atoms with van der Waals surface area (Å²) in [6.07, 6.45) is 3.98. The molecule has 0 bridgehead atoms. The maximum atomic E-state index is 12.3. The summed E-state index contributed by atoms with van der Waals surface area (Å²) in [5.41, 5.74) is 0.180. The summed E-state index contributed by atoms with van der Waals surface area (Å²) < 4.78 is 28.8. The lowest BCUT2D eigenvalue weighted by molar-refractivity contribution is 0.164. The molecule has 5 nitrogen and oxygen atoms in total. The Morgan fingerprint density at radius 3 is 2.63 bits per heavy atom. The van der Waals surface area contributed by atoms with Gasteiger partial charge in [0.25, 0.3) is 10.2 Å². The number of nitrogens with one attached hydrogen (secondary N) is 1. The van der Waals surface area contributed by atoms with Crippen LogP contribution in [-0.2, 0) is 10.2 Å². The Hall–Kier alpha value is -0.170. The molecule has 1 saturated heterocycles. The van der Waals surface area contributed by atoms with Crippen molar-refractivity contribution in [1.29, 1.82) is 0 Å². The van der Waals surface area contributed by atoms with Crippen LogP contribution in [0.1, 0.15) is 39.5 Å². The molecule has 1 atom stereocenters. The van der Waals surface area contributed by atoms with Crippen LogP contribution < -0.4 is 4.72 Å². The standard InChI is InChI=1S/C13H26N2O3S/c1-11(2)13(5-6-13)10-14-19(17,18)15-7-3-4-12(8-15)9-16/h11-12,14,16H,3-10H2,1-2H3. The molecule has 0 aromatic heterocycles. The van der Waals surface area contributed by atoms with Crippen molar-refractivity contribution < 1.29 is 13.5 Å². The van der Waals surface area contributed by atoms with E-state index in [1.54, 1.807) is 0 Å². The average molecular weight is 290 g/mol. The van der Waals surface area contributed by atoms with Gasteiger partial charge in [0.15, 0.2) is 0 Å². The van der Waals surface area contributed by atoms with E-state index in [1.807, 2.05) is 0 Å². The van der Waals surface area contributed by atoms with Crippen molar-refractivity contribution in [1.82, 2.24) is 9.03 Å². The van der Waals surface area contributed by atoms with Gasteiger partial charge in [-0.3, -0.25) is 0 Å². The largest absolute Gasteiger partial charge is 0.396 e. The normalized spacial score (nSPS) is 27.7. The quantitative estimate of drug-likeness (QED) is 0.765. The molecule has 0 aromatic carbocycles. The van der Waals surface area contributed by atoms with Gasteiger partial charge in [-0.05, 0) is 42.9 Å². The molecule has 1 aliphatic carbocycles. The Balaban J connectivity index is 1.91. The highest BCUT2D eigenvalue weighted by atomic mass is 32.2. The smallest absolute Gasteiger partial charge is 0.279 e. The monoisotopic (exact) mass is 290 g/mol. The summed E-state index contributed by atoms with van der Waals surface area (Å²) in [7, 11) is -3.38. The summed E-state index contributed by atoms with van der Waals surface area (Å²) in [5, 5.41) is 9.17. The first-order valence-corrected chi connectivity index (χ1v) is 8.69. The summed E-state index contributed by atoms with van der Waals surface area (Å²) in [6, 6.07) is 0. The van der Waals surface area contributed by atoms with E-state index in [4.69, 9.17) is 0 Å². The first-order valence-electron chi connectivity index (χ1n) is 7.25. The SMILES string of the molecule is CC(C)C1(CNS(=O)(=O)N2CCCC(CO)C2)CC1. The van der Waals surface area contributed by atoms with Gasteiger partial charge < -0.3 is 5.11 Å². The molecular weight excluding hydrogens is 264 g/mol. The second-order valence-electron chi connectivity index (χ2n) is 6.39. The summed E-state index contributed by atoms with van der Waals surface area (Å²) in [4.78, 5) is 0. The van der Waals surface area contributed by atoms with Crippen molar-refractivity contribution in [3.63, 3.8) is 0 Å². The molecule has 112 valence electrons. The molecule has 1 unspecified atom stereocenters. The molecule has 1 aliphatic heterocycles. The number of hydrogen-bond donors (Lipinski definition) is 2. The van der Waals surface area contributed by atoms with E-state index in [9.17, 15) is 13.5 Å². The van der Waals surface area contributed by atoms with Crippen molar-refractivity contribution in [2.24, 2.45) is 17.3 Å². The molecule has 2 fully saturated rings. The fourth-order valence-corrected chi connectivity index (χ4v) is 4.27. The summed E-state index contributed by atoms with van der Waals surface area (Å²) in [6.45, 7) is 5.95. The third kappa shape index (κ3) is 3.48. The predicted octanol–water partition coefficient (Wildman–Crippen LogP) is 0.961. The van der Waals surface area contributed by atoms with Crippen LogP contribution in [0, 0.1) is 17.3 Å². The Kier molecular flexibility index (Phi) is 4.55. The van der Waals surface area contributed by atoms with Gasteiger partial charge in [0.2, 0.25) is 0 Å². The van der Waals surface area contributed by atoms with Crippen LogP contribution in [0.5, 0.6) is 0 Å². The molecule has 1 saturated carbocycles. The van der Waals surface area contributed by atoms with Crippen molar-refractivity contribution in [2.45, 2.75) is 39.5 Å². The van der Waals surface area contributed by atoms with Crippen LogP contribution in [0.2, 0.25) is 0 Å². The second kappa shape index (κ2) is 5.68. The molecule has 0 radical (unpaired) electrons. The van der Waals surface area contributed by atoms with E-state index < -0.39 is 10.2 Å². The zero-order valence-corrected chi connectivity index (χ0v) is 12.7. The highest BCUT2D eigenvalue weighted by molar-refractivity contribution is 7.87. The van der Waals surface area contributed by atoms with Crippen molar-refractivity contribution >= 4 is 10.2 Å². The number of hydrogen-bond acceptors (Lipinski definition) is 3. The summed E-state index contributed by atoms with van der Waals surface area (Å²) in [5.74, 6) is 0.604. The molecule has 0 aromatic rings. The number of aliphatic hydroxyl groups is 1. The highest BCUT2D eigenvalue weighted by Gasteiger charge is 2.46. The molecule has 0 amide bonds. The first kappa shape index (κ1) is 15.2. The third-order valence-electron chi connectivity index (χ3n) is 4.80. The highest BCUT2D eigenvalue weighted by Crippen LogP contribution is 2.51. The number of rotatable bonds is 6. The van der Waals surface area contributed by atoms with Gasteiger partial charge in [-0.2, -0.15) is 12.7 Å². The molecule has 6 heteroatoms. The van der Waals surface area contributed by atoms with Crippen LogP contribution in [0.3, 0.4) is 0 Å². The Morgan fingerprint density at radius 2 is 2.11 bits per heavy atom. The fourth-order valence-electron chi connectivity index (χ4n) is 2.84. The first-order chi connectivity index (χ1) is 8.89. The maximum Gasteiger partial charge on any atom is 0.279 e. The zero-order valence-electron chi connectivity index (χ0n) is 11.9. The van der Waals surface area contributed by atoms with Gasteiger partial charge in [-0.15, -0.1) is 0 Å². The van der Waals surface area contributed by atoms with E-state index in [1.165, 1.54) is 4.31 Å². The second-order valence-corrected chi connectivity index (χ2v) is 8.15. The van der Waals surface area contributed by atoms with Crippen molar-refractivity contribution in [2.75, 3.05) is 26.2 Å². The van der Waals surface area contributed by atoms with Crippen LogP contribution in [-0.4, -0.2) is 44.1 Å². The van der Waals surface area contributed by atoms with Gasteiger partial charge >= 0.3 is 0 Å². The molecule has 2 rings (SSSR count). The minimum absolute atomic E-state index is 0.0714. The van der Waals surface area contributed by atoms with Gasteiger partial charge in [0.05, 0.1) is 0 Å². The van der Waals surface area contributed by atoms with Gasteiger partial charge in [-0.25, -0.2) is 4.72 Å². The topological polar surface area (TPSA) is 69.6 Å². The van der Waals surface area contributed by atoms with Crippen molar-refractivity contribution in [3.8, 4) is 0 Å². The van der Waals surface area contributed by atoms with Crippen LogP contribution in [0.25, 0.3) is 0 Å².